The van der Waals surface area contributed by atoms with Gasteiger partial charge in [-0.25, -0.2) is 0 Å². The summed E-state index contributed by atoms with van der Waals surface area (Å²) in [6, 6.07) is 5.33. The molecular weight excluding hydrogens is 250 g/mol. The summed E-state index contributed by atoms with van der Waals surface area (Å²) in [5.74, 6) is 1.82. The maximum atomic E-state index is 6.34. The van der Waals surface area contributed by atoms with E-state index in [2.05, 4.69) is 21.8 Å². The molecule has 3 fully saturated rings. The van der Waals surface area contributed by atoms with Crippen molar-refractivity contribution in [3.05, 3.63) is 24.5 Å². The number of piperidine rings is 1. The van der Waals surface area contributed by atoms with Crippen LogP contribution in [0.25, 0.3) is 0 Å². The summed E-state index contributed by atoms with van der Waals surface area (Å²) in [5.41, 5.74) is 0. The molecule has 4 unspecified atom stereocenters. The lowest BCUT2D eigenvalue weighted by Gasteiger charge is -2.37. The molecule has 4 nitrogen and oxygen atoms in total. The standard InChI is InChI=1S/C16H23N3O/c1-18-14-9-12(14)10-15(18)16(19-7-2-3-8-19)20-13-5-4-6-17-11-13/h4-6,11-12,14-16H,2-3,7-10H2,1H3. The van der Waals surface area contributed by atoms with Crippen molar-refractivity contribution < 1.29 is 4.74 Å². The molecule has 1 aromatic heterocycles. The molecule has 0 spiro atoms. The van der Waals surface area contributed by atoms with E-state index in [1.54, 1.807) is 6.20 Å². The lowest BCUT2D eigenvalue weighted by atomic mass is 10.1. The molecule has 2 aliphatic heterocycles. The smallest absolute Gasteiger partial charge is 0.168 e. The van der Waals surface area contributed by atoms with Gasteiger partial charge in [-0.1, -0.05) is 0 Å². The van der Waals surface area contributed by atoms with E-state index in [1.165, 1.54) is 38.8 Å². The highest BCUT2D eigenvalue weighted by atomic mass is 16.5. The van der Waals surface area contributed by atoms with Crippen molar-refractivity contribution in [1.29, 1.82) is 0 Å². The summed E-state index contributed by atoms with van der Waals surface area (Å²) in [5, 5.41) is 0. The monoisotopic (exact) mass is 273 g/mol. The first-order chi connectivity index (χ1) is 9.83. The lowest BCUT2D eigenvalue weighted by molar-refractivity contribution is -0.0199. The summed E-state index contributed by atoms with van der Waals surface area (Å²) in [6.07, 6.45) is 9.12. The van der Waals surface area contributed by atoms with Crippen LogP contribution in [-0.4, -0.2) is 53.2 Å². The number of hydrogen-bond acceptors (Lipinski definition) is 4. The van der Waals surface area contributed by atoms with Gasteiger partial charge in [-0.15, -0.1) is 0 Å². The van der Waals surface area contributed by atoms with Gasteiger partial charge in [-0.2, -0.15) is 0 Å². The van der Waals surface area contributed by atoms with Crippen LogP contribution in [0.5, 0.6) is 5.75 Å². The quantitative estimate of drug-likeness (QED) is 0.838. The van der Waals surface area contributed by atoms with Crippen molar-refractivity contribution in [2.45, 2.75) is 44.0 Å². The van der Waals surface area contributed by atoms with Crippen LogP contribution in [0, 0.1) is 5.92 Å². The normalized spacial score (nSPS) is 35.0. The van der Waals surface area contributed by atoms with Gasteiger partial charge >= 0.3 is 0 Å². The molecule has 4 atom stereocenters. The van der Waals surface area contributed by atoms with Gasteiger partial charge in [0, 0.05) is 25.3 Å². The Balaban J connectivity index is 1.53. The van der Waals surface area contributed by atoms with Gasteiger partial charge in [0.25, 0.3) is 0 Å². The first-order valence-electron chi connectivity index (χ1n) is 7.85. The largest absolute Gasteiger partial charge is 0.472 e. The highest BCUT2D eigenvalue weighted by Gasteiger charge is 2.53. The van der Waals surface area contributed by atoms with Crippen LogP contribution in [0.2, 0.25) is 0 Å². The first kappa shape index (κ1) is 12.6. The predicted octanol–water partition coefficient (Wildman–Crippen LogP) is 1.97. The van der Waals surface area contributed by atoms with Gasteiger partial charge in [0.15, 0.2) is 6.23 Å². The fraction of sp³-hybridized carbons (Fsp3) is 0.688. The van der Waals surface area contributed by atoms with Gasteiger partial charge in [-0.05, 0) is 50.8 Å². The fourth-order valence-corrected chi connectivity index (χ4v) is 3.97. The number of likely N-dealkylation sites (N-methyl/N-ethyl adjacent to an activating group) is 1. The molecule has 0 radical (unpaired) electrons. The van der Waals surface area contributed by atoms with Crippen molar-refractivity contribution in [2.24, 2.45) is 5.92 Å². The third-order valence-electron chi connectivity index (χ3n) is 5.20. The molecule has 20 heavy (non-hydrogen) atoms. The molecule has 4 rings (SSSR count). The number of rotatable bonds is 4. The van der Waals surface area contributed by atoms with E-state index in [4.69, 9.17) is 4.74 Å². The Kier molecular flexibility index (Phi) is 3.15. The second kappa shape index (κ2) is 5.01. The van der Waals surface area contributed by atoms with Crippen LogP contribution in [-0.2, 0) is 0 Å². The minimum Gasteiger partial charge on any atom is -0.472 e. The Bertz CT molecular complexity index is 460. The van der Waals surface area contributed by atoms with E-state index in [-0.39, 0.29) is 6.23 Å². The Morgan fingerprint density at radius 1 is 1.30 bits per heavy atom. The van der Waals surface area contributed by atoms with Crippen molar-refractivity contribution in [3.63, 3.8) is 0 Å². The molecule has 4 heteroatoms. The SMILES string of the molecule is CN1C2CC2CC1C(Oc1cccnc1)N1CCCC1. The fourth-order valence-electron chi connectivity index (χ4n) is 3.97. The Labute approximate surface area is 120 Å². The summed E-state index contributed by atoms with van der Waals surface area (Å²) in [6.45, 7) is 2.34. The van der Waals surface area contributed by atoms with Crippen LogP contribution in [0.15, 0.2) is 24.5 Å². The van der Waals surface area contributed by atoms with Crippen LogP contribution in [0.3, 0.4) is 0 Å². The third kappa shape index (κ3) is 2.21. The second-order valence-electron chi connectivity index (χ2n) is 6.47. The molecule has 0 amide bonds. The summed E-state index contributed by atoms with van der Waals surface area (Å²) in [4.78, 5) is 9.26. The number of fused-ring (bicyclic) bond motifs is 1. The molecule has 0 N–H and O–H groups in total. The van der Waals surface area contributed by atoms with E-state index in [9.17, 15) is 0 Å². The number of likely N-dealkylation sites (tertiary alicyclic amines) is 2. The predicted molar refractivity (Wildman–Crippen MR) is 77.5 cm³/mol. The summed E-state index contributed by atoms with van der Waals surface area (Å²) >= 11 is 0. The maximum absolute atomic E-state index is 6.34. The molecule has 1 aliphatic carbocycles. The van der Waals surface area contributed by atoms with Crippen LogP contribution >= 0.6 is 0 Å². The minimum atomic E-state index is 0.194. The highest BCUT2D eigenvalue weighted by Crippen LogP contribution is 2.48. The highest BCUT2D eigenvalue weighted by molar-refractivity contribution is 5.17. The average molecular weight is 273 g/mol. The molecular formula is C16H23N3O. The van der Waals surface area contributed by atoms with E-state index in [0.29, 0.717) is 6.04 Å². The topological polar surface area (TPSA) is 28.6 Å². The van der Waals surface area contributed by atoms with Crippen molar-refractivity contribution >= 4 is 0 Å². The third-order valence-corrected chi connectivity index (χ3v) is 5.20. The molecule has 0 bridgehead atoms. The summed E-state index contributed by atoms with van der Waals surface area (Å²) in [7, 11) is 2.28. The Morgan fingerprint density at radius 3 is 2.80 bits per heavy atom. The summed E-state index contributed by atoms with van der Waals surface area (Å²) < 4.78 is 6.34. The van der Waals surface area contributed by atoms with Crippen molar-refractivity contribution in [2.75, 3.05) is 20.1 Å². The Morgan fingerprint density at radius 2 is 2.15 bits per heavy atom. The number of pyridine rings is 1. The van der Waals surface area contributed by atoms with E-state index in [0.717, 1.165) is 17.7 Å². The average Bonchev–Trinajstić information content (AvgIpc) is 2.91. The van der Waals surface area contributed by atoms with Gasteiger partial charge in [-0.3, -0.25) is 14.8 Å². The number of aromatic nitrogens is 1. The molecule has 108 valence electrons. The van der Waals surface area contributed by atoms with Gasteiger partial charge in [0.1, 0.15) is 5.75 Å². The van der Waals surface area contributed by atoms with Gasteiger partial charge < -0.3 is 4.74 Å². The number of ether oxygens (including phenoxy) is 1. The zero-order valence-electron chi connectivity index (χ0n) is 12.1. The lowest BCUT2D eigenvalue weighted by Crippen LogP contribution is -2.51. The number of nitrogens with zero attached hydrogens (tertiary/aromatic N) is 3. The van der Waals surface area contributed by atoms with Crippen molar-refractivity contribution in [3.8, 4) is 5.75 Å². The van der Waals surface area contributed by atoms with Gasteiger partial charge in [0.05, 0.1) is 12.2 Å². The molecule has 3 heterocycles. The molecule has 1 aromatic rings. The minimum absolute atomic E-state index is 0.194. The van der Waals surface area contributed by atoms with Crippen molar-refractivity contribution in [1.82, 2.24) is 14.8 Å². The first-order valence-corrected chi connectivity index (χ1v) is 7.85. The number of hydrogen-bond donors (Lipinski definition) is 0. The zero-order valence-corrected chi connectivity index (χ0v) is 12.1. The van der Waals surface area contributed by atoms with E-state index in [1.807, 2.05) is 18.3 Å². The zero-order chi connectivity index (χ0) is 13.5. The van der Waals surface area contributed by atoms with E-state index < -0.39 is 0 Å². The molecule has 1 saturated carbocycles. The van der Waals surface area contributed by atoms with E-state index >= 15 is 0 Å². The molecule has 3 aliphatic rings. The second-order valence-corrected chi connectivity index (χ2v) is 6.47. The Hall–Kier alpha value is -1.13. The maximum Gasteiger partial charge on any atom is 0.168 e. The molecule has 0 aromatic carbocycles. The van der Waals surface area contributed by atoms with Crippen LogP contribution < -0.4 is 4.74 Å². The van der Waals surface area contributed by atoms with Gasteiger partial charge in [0.2, 0.25) is 0 Å². The van der Waals surface area contributed by atoms with Crippen LogP contribution in [0.4, 0.5) is 0 Å². The molecule has 2 saturated heterocycles. The van der Waals surface area contributed by atoms with Crippen LogP contribution in [0.1, 0.15) is 25.7 Å².